The summed E-state index contributed by atoms with van der Waals surface area (Å²) in [6.07, 6.45) is 10.0. The summed E-state index contributed by atoms with van der Waals surface area (Å²) < 4.78 is 5.76. The zero-order valence-electron chi connectivity index (χ0n) is 14.3. The second kappa shape index (κ2) is 5.61. The molecule has 2 saturated carbocycles. The van der Waals surface area contributed by atoms with E-state index in [0.29, 0.717) is 6.54 Å². The van der Waals surface area contributed by atoms with Crippen LogP contribution in [0.15, 0.2) is 18.6 Å². The second-order valence-electron chi connectivity index (χ2n) is 7.52. The van der Waals surface area contributed by atoms with Gasteiger partial charge in [0, 0.05) is 25.8 Å². The number of piperazine rings is 1. The second-order valence-corrected chi connectivity index (χ2v) is 7.52. The van der Waals surface area contributed by atoms with Crippen molar-refractivity contribution in [1.82, 2.24) is 19.9 Å². The number of hydrogen-bond donors (Lipinski definition) is 1. The molecule has 0 aromatic carbocycles. The van der Waals surface area contributed by atoms with E-state index >= 15 is 0 Å². The minimum absolute atomic E-state index is 0.0679. The number of anilines is 1. The SMILES string of the molecule is O=C(OC1CCCC1)N1CCN(c2ncnc3[nH]ccc23)CC12CC2. The summed E-state index contributed by atoms with van der Waals surface area (Å²) in [5, 5.41) is 1.04. The van der Waals surface area contributed by atoms with Crippen LogP contribution < -0.4 is 4.90 Å². The molecule has 1 aliphatic heterocycles. The van der Waals surface area contributed by atoms with Crippen molar-refractivity contribution in [2.24, 2.45) is 0 Å². The molecule has 1 saturated heterocycles. The highest BCUT2D eigenvalue weighted by Crippen LogP contribution is 2.46. The molecule has 2 aromatic rings. The molecule has 3 aliphatic rings. The molecule has 25 heavy (non-hydrogen) atoms. The Balaban J connectivity index is 1.34. The van der Waals surface area contributed by atoms with Crippen LogP contribution in [-0.2, 0) is 4.74 Å². The van der Waals surface area contributed by atoms with Crippen LogP contribution in [0.25, 0.3) is 11.0 Å². The lowest BCUT2D eigenvalue weighted by Crippen LogP contribution is -2.57. The van der Waals surface area contributed by atoms with Gasteiger partial charge in [-0.25, -0.2) is 14.8 Å². The summed E-state index contributed by atoms with van der Waals surface area (Å²) in [7, 11) is 0. The molecule has 0 unspecified atom stereocenters. The Kier molecular flexibility index (Phi) is 3.36. The number of carbonyl (C=O) groups excluding carboxylic acids is 1. The van der Waals surface area contributed by atoms with Crippen molar-refractivity contribution in [3.05, 3.63) is 18.6 Å². The van der Waals surface area contributed by atoms with Gasteiger partial charge in [-0.15, -0.1) is 0 Å². The standard InChI is InChI=1S/C18H23N5O2/c24-17(25-13-3-1-2-4-13)23-10-9-22(11-18(23)6-7-18)16-14-5-8-19-15(14)20-12-21-16/h5,8,12-13H,1-4,6-7,9-11H2,(H,19,20,21). The number of ether oxygens (including phenoxy) is 1. The van der Waals surface area contributed by atoms with E-state index < -0.39 is 0 Å². The highest BCUT2D eigenvalue weighted by molar-refractivity contribution is 5.87. The van der Waals surface area contributed by atoms with Gasteiger partial charge in [-0.2, -0.15) is 0 Å². The number of carbonyl (C=O) groups is 1. The van der Waals surface area contributed by atoms with Crippen LogP contribution in [-0.4, -0.2) is 57.2 Å². The Morgan fingerprint density at radius 2 is 2.08 bits per heavy atom. The zero-order chi connectivity index (χ0) is 16.9. The molecule has 132 valence electrons. The summed E-state index contributed by atoms with van der Waals surface area (Å²) in [5.41, 5.74) is 0.791. The Hall–Kier alpha value is -2.31. The summed E-state index contributed by atoms with van der Waals surface area (Å²) in [6, 6.07) is 2.02. The highest BCUT2D eigenvalue weighted by atomic mass is 16.6. The zero-order valence-corrected chi connectivity index (χ0v) is 14.3. The van der Waals surface area contributed by atoms with Gasteiger partial charge < -0.3 is 14.6 Å². The number of fused-ring (bicyclic) bond motifs is 1. The van der Waals surface area contributed by atoms with Gasteiger partial charge in [0.15, 0.2) is 0 Å². The fourth-order valence-corrected chi connectivity index (χ4v) is 4.34. The Morgan fingerprint density at radius 3 is 2.88 bits per heavy atom. The van der Waals surface area contributed by atoms with Crippen molar-refractivity contribution in [1.29, 1.82) is 0 Å². The van der Waals surface area contributed by atoms with Crippen LogP contribution in [0.5, 0.6) is 0 Å². The van der Waals surface area contributed by atoms with Gasteiger partial charge in [-0.1, -0.05) is 0 Å². The maximum absolute atomic E-state index is 12.7. The number of nitrogens with zero attached hydrogens (tertiary/aromatic N) is 4. The maximum Gasteiger partial charge on any atom is 0.410 e. The first-order valence-corrected chi connectivity index (χ1v) is 9.26. The van der Waals surface area contributed by atoms with E-state index in [9.17, 15) is 4.79 Å². The third-order valence-electron chi connectivity index (χ3n) is 5.90. The first kappa shape index (κ1) is 15.0. The van der Waals surface area contributed by atoms with Crippen LogP contribution in [0.3, 0.4) is 0 Å². The Labute approximate surface area is 146 Å². The third-order valence-corrected chi connectivity index (χ3v) is 5.90. The first-order chi connectivity index (χ1) is 12.3. The van der Waals surface area contributed by atoms with E-state index in [2.05, 4.69) is 19.9 Å². The molecule has 1 spiro atoms. The largest absolute Gasteiger partial charge is 0.446 e. The van der Waals surface area contributed by atoms with Crippen LogP contribution in [0.1, 0.15) is 38.5 Å². The van der Waals surface area contributed by atoms with Gasteiger partial charge in [0.2, 0.25) is 0 Å². The fraction of sp³-hybridized carbons (Fsp3) is 0.611. The van der Waals surface area contributed by atoms with E-state index in [1.165, 1.54) is 12.8 Å². The molecular weight excluding hydrogens is 318 g/mol. The molecule has 5 rings (SSSR count). The molecule has 7 nitrogen and oxygen atoms in total. The number of aromatic amines is 1. The molecule has 0 radical (unpaired) electrons. The van der Waals surface area contributed by atoms with Gasteiger partial charge in [0.1, 0.15) is 23.9 Å². The van der Waals surface area contributed by atoms with Crippen molar-refractivity contribution in [2.45, 2.75) is 50.2 Å². The Morgan fingerprint density at radius 1 is 1.24 bits per heavy atom. The van der Waals surface area contributed by atoms with Crippen LogP contribution >= 0.6 is 0 Å². The quantitative estimate of drug-likeness (QED) is 0.909. The van der Waals surface area contributed by atoms with Crippen LogP contribution in [0, 0.1) is 0 Å². The predicted octanol–water partition coefficient (Wildman–Crippen LogP) is 2.69. The summed E-state index contributed by atoms with van der Waals surface area (Å²) >= 11 is 0. The average molecular weight is 341 g/mol. The van der Waals surface area contributed by atoms with E-state index in [1.807, 2.05) is 17.2 Å². The molecule has 0 atom stereocenters. The van der Waals surface area contributed by atoms with Crippen molar-refractivity contribution in [3.8, 4) is 0 Å². The lowest BCUT2D eigenvalue weighted by atomic mass is 10.1. The number of amides is 1. The highest BCUT2D eigenvalue weighted by Gasteiger charge is 2.54. The van der Waals surface area contributed by atoms with E-state index in [-0.39, 0.29) is 17.7 Å². The van der Waals surface area contributed by atoms with Gasteiger partial charge in [-0.3, -0.25) is 4.90 Å². The van der Waals surface area contributed by atoms with Crippen molar-refractivity contribution >= 4 is 22.9 Å². The minimum Gasteiger partial charge on any atom is -0.446 e. The topological polar surface area (TPSA) is 74.3 Å². The normalized spacial score (nSPS) is 22.7. The number of rotatable bonds is 2. The molecular formula is C18H23N5O2. The predicted molar refractivity (Wildman–Crippen MR) is 93.5 cm³/mol. The molecule has 7 heteroatoms. The van der Waals surface area contributed by atoms with Gasteiger partial charge in [-0.05, 0) is 44.6 Å². The number of nitrogens with one attached hydrogen (secondary N) is 1. The minimum atomic E-state index is -0.112. The van der Waals surface area contributed by atoms with E-state index in [4.69, 9.17) is 4.74 Å². The molecule has 1 amide bonds. The number of H-pyrrole nitrogens is 1. The van der Waals surface area contributed by atoms with Gasteiger partial charge in [0.05, 0.1) is 10.9 Å². The van der Waals surface area contributed by atoms with Crippen molar-refractivity contribution in [2.75, 3.05) is 24.5 Å². The summed E-state index contributed by atoms with van der Waals surface area (Å²) in [5.74, 6) is 0.960. The van der Waals surface area contributed by atoms with Gasteiger partial charge in [0.25, 0.3) is 0 Å². The van der Waals surface area contributed by atoms with Crippen molar-refractivity contribution in [3.63, 3.8) is 0 Å². The smallest absolute Gasteiger partial charge is 0.410 e. The van der Waals surface area contributed by atoms with E-state index in [1.54, 1.807) is 6.33 Å². The monoisotopic (exact) mass is 341 g/mol. The lowest BCUT2D eigenvalue weighted by Gasteiger charge is -2.42. The molecule has 2 aromatic heterocycles. The molecule has 0 bridgehead atoms. The van der Waals surface area contributed by atoms with Crippen LogP contribution in [0.4, 0.5) is 10.6 Å². The molecule has 1 N–H and O–H groups in total. The van der Waals surface area contributed by atoms with E-state index in [0.717, 1.165) is 55.6 Å². The maximum atomic E-state index is 12.7. The number of aromatic nitrogens is 3. The summed E-state index contributed by atoms with van der Waals surface area (Å²) in [6.45, 7) is 2.30. The van der Waals surface area contributed by atoms with Gasteiger partial charge >= 0.3 is 6.09 Å². The first-order valence-electron chi connectivity index (χ1n) is 9.26. The lowest BCUT2D eigenvalue weighted by molar-refractivity contribution is 0.0452. The Bertz CT molecular complexity index is 794. The number of hydrogen-bond acceptors (Lipinski definition) is 5. The average Bonchev–Trinajstić information content (AvgIpc) is 3.05. The summed E-state index contributed by atoms with van der Waals surface area (Å²) in [4.78, 5) is 28.9. The molecule has 3 heterocycles. The molecule has 3 fully saturated rings. The third kappa shape index (κ3) is 2.53. The molecule has 2 aliphatic carbocycles. The van der Waals surface area contributed by atoms with Crippen LogP contribution in [0.2, 0.25) is 0 Å². The fourth-order valence-electron chi connectivity index (χ4n) is 4.34. The van der Waals surface area contributed by atoms with Crippen molar-refractivity contribution < 1.29 is 9.53 Å².